The average Bonchev–Trinajstić information content (AvgIpc) is 2.92. The predicted octanol–water partition coefficient (Wildman–Crippen LogP) is 2.72. The van der Waals surface area contributed by atoms with Gasteiger partial charge in [0.1, 0.15) is 10.7 Å². The fraction of sp³-hybridized carbons (Fsp3) is 0.154. The highest BCUT2D eigenvalue weighted by Gasteiger charge is 2.53. The zero-order chi connectivity index (χ0) is 20.6. The number of benzene rings is 1. The summed E-state index contributed by atoms with van der Waals surface area (Å²) in [6, 6.07) is 1.89. The van der Waals surface area contributed by atoms with Gasteiger partial charge in [-0.1, -0.05) is 0 Å². The zero-order valence-corrected chi connectivity index (χ0v) is 16.3. The second kappa shape index (κ2) is 7.68. The van der Waals surface area contributed by atoms with Crippen molar-refractivity contribution in [2.75, 3.05) is 6.54 Å². The molecule has 2 aromatic rings. The Labute approximate surface area is 162 Å². The number of fused-ring (bicyclic) bond motifs is 1. The van der Waals surface area contributed by atoms with E-state index in [1.807, 2.05) is 0 Å². The number of hydrogen-bond donors (Lipinski definition) is 5. The van der Waals surface area contributed by atoms with Crippen molar-refractivity contribution in [2.24, 2.45) is 10.9 Å². The standard InChI is InChI=1S/C13H11BrF3N4O4PS/c14-9-7-1-5(12(22)20-4-6(3-18)21-19)2-8(15)10(7)27-11(9)13(16,17)26(23,24)25/h1-3,18H,4,19H2,(H,20,22)(H2,23,24,25). The van der Waals surface area contributed by atoms with Crippen molar-refractivity contribution in [1.82, 2.24) is 5.32 Å². The molecule has 0 saturated heterocycles. The molecule has 14 heteroatoms. The van der Waals surface area contributed by atoms with Crippen LogP contribution in [0.25, 0.3) is 10.1 Å². The van der Waals surface area contributed by atoms with Crippen LogP contribution in [-0.2, 0) is 10.2 Å². The van der Waals surface area contributed by atoms with E-state index in [0.29, 0.717) is 0 Å². The molecule has 0 fully saturated rings. The maximum absolute atomic E-state index is 14.3. The number of carbonyl (C=O) groups excluding carboxylic acids is 1. The van der Waals surface area contributed by atoms with E-state index in [1.54, 1.807) is 0 Å². The van der Waals surface area contributed by atoms with Crippen molar-refractivity contribution in [3.05, 3.63) is 32.9 Å². The molecular weight excluding hydrogens is 476 g/mol. The number of halogens is 4. The van der Waals surface area contributed by atoms with Gasteiger partial charge in [0, 0.05) is 21.6 Å². The first-order chi connectivity index (χ1) is 12.4. The molecule has 0 spiro atoms. The number of hydrazone groups is 1. The molecule has 1 amide bonds. The molecule has 6 N–H and O–H groups in total. The lowest BCUT2D eigenvalue weighted by Gasteiger charge is -2.16. The van der Waals surface area contributed by atoms with Crippen LogP contribution in [0.2, 0.25) is 0 Å². The van der Waals surface area contributed by atoms with Crippen LogP contribution in [0.3, 0.4) is 0 Å². The van der Waals surface area contributed by atoms with Gasteiger partial charge in [0.15, 0.2) is 0 Å². The Morgan fingerprint density at radius 3 is 2.63 bits per heavy atom. The third-order valence-electron chi connectivity index (χ3n) is 3.35. The van der Waals surface area contributed by atoms with E-state index in [4.69, 9.17) is 21.0 Å². The summed E-state index contributed by atoms with van der Waals surface area (Å²) in [7, 11) is -5.85. The van der Waals surface area contributed by atoms with E-state index in [1.165, 1.54) is 0 Å². The van der Waals surface area contributed by atoms with Crippen molar-refractivity contribution in [1.29, 1.82) is 5.41 Å². The van der Waals surface area contributed by atoms with Gasteiger partial charge in [0.25, 0.3) is 5.91 Å². The fourth-order valence-corrected chi connectivity index (χ4v) is 4.91. The molecule has 146 valence electrons. The topological polar surface area (TPSA) is 149 Å². The molecule has 0 unspecified atom stereocenters. The van der Waals surface area contributed by atoms with Gasteiger partial charge in [-0.2, -0.15) is 13.9 Å². The lowest BCUT2D eigenvalue weighted by atomic mass is 10.1. The van der Waals surface area contributed by atoms with Gasteiger partial charge < -0.3 is 26.4 Å². The summed E-state index contributed by atoms with van der Waals surface area (Å²) in [4.78, 5) is 28.8. The molecule has 0 aliphatic carbocycles. The lowest BCUT2D eigenvalue weighted by Crippen LogP contribution is -2.30. The van der Waals surface area contributed by atoms with E-state index >= 15 is 0 Å². The summed E-state index contributed by atoms with van der Waals surface area (Å²) < 4.78 is 52.7. The Hall–Kier alpha value is -1.79. The predicted molar refractivity (Wildman–Crippen MR) is 98.2 cm³/mol. The monoisotopic (exact) mass is 486 g/mol. The molecule has 0 aliphatic rings. The Kier molecular flexibility index (Phi) is 6.12. The van der Waals surface area contributed by atoms with Crippen LogP contribution >= 0.6 is 34.9 Å². The fourth-order valence-electron chi connectivity index (χ4n) is 1.99. The third-order valence-corrected chi connectivity index (χ3v) is 6.82. The largest absolute Gasteiger partial charge is 0.400 e. The number of rotatable bonds is 6. The number of amides is 1. The quantitative estimate of drug-likeness (QED) is 0.184. The van der Waals surface area contributed by atoms with Crippen molar-refractivity contribution < 1.29 is 32.3 Å². The van der Waals surface area contributed by atoms with Gasteiger partial charge >= 0.3 is 13.3 Å². The number of nitrogens with zero attached hydrogens (tertiary/aromatic N) is 1. The molecule has 2 rings (SSSR count). The van der Waals surface area contributed by atoms with Gasteiger partial charge in [0.05, 0.1) is 17.0 Å². The van der Waals surface area contributed by atoms with Crippen LogP contribution in [0.15, 0.2) is 21.7 Å². The number of carbonyl (C=O) groups is 1. The molecule has 1 aromatic carbocycles. The van der Waals surface area contributed by atoms with E-state index in [0.717, 1.165) is 18.3 Å². The first-order valence-corrected chi connectivity index (χ1v) is 10.1. The van der Waals surface area contributed by atoms with Crippen LogP contribution in [0.5, 0.6) is 0 Å². The summed E-state index contributed by atoms with van der Waals surface area (Å²) in [5, 5.41) is 12.4. The molecule has 27 heavy (non-hydrogen) atoms. The van der Waals surface area contributed by atoms with Crippen molar-refractivity contribution >= 4 is 62.8 Å². The second-order valence-corrected chi connectivity index (χ2v) is 8.58. The normalized spacial score (nSPS) is 13.0. The molecule has 0 saturated carbocycles. The summed E-state index contributed by atoms with van der Waals surface area (Å²) in [5.74, 6) is 3.18. The third kappa shape index (κ3) is 4.06. The highest BCUT2D eigenvalue weighted by atomic mass is 79.9. The number of hydrogen-bond acceptors (Lipinski definition) is 6. The Balaban J connectivity index is 2.50. The average molecular weight is 487 g/mol. The molecular formula is C13H11BrF3N4O4PS. The van der Waals surface area contributed by atoms with Gasteiger partial charge in [0.2, 0.25) is 0 Å². The SMILES string of the molecule is N=CC(CNC(=O)c1cc(F)c2sc(C(F)(F)P(=O)(O)O)c(Br)c2c1)=NN. The Morgan fingerprint density at radius 1 is 1.48 bits per heavy atom. The maximum atomic E-state index is 14.3. The minimum Gasteiger partial charge on any atom is -0.346 e. The number of alkyl halides is 2. The minimum absolute atomic E-state index is 0.0326. The first kappa shape index (κ1) is 21.5. The summed E-state index contributed by atoms with van der Waals surface area (Å²) in [5.41, 5.74) is -4.73. The minimum atomic E-state index is -5.85. The van der Waals surface area contributed by atoms with Gasteiger partial charge in [-0.05, 0) is 28.1 Å². The zero-order valence-electron chi connectivity index (χ0n) is 13.0. The summed E-state index contributed by atoms with van der Waals surface area (Å²) in [6.45, 7) is -0.217. The molecule has 0 radical (unpaired) electrons. The Bertz CT molecular complexity index is 1010. The lowest BCUT2D eigenvalue weighted by molar-refractivity contribution is 0.0595. The number of thiophene rings is 1. The van der Waals surface area contributed by atoms with Crippen molar-refractivity contribution in [2.45, 2.75) is 5.66 Å². The molecule has 0 bridgehead atoms. The Morgan fingerprint density at radius 2 is 2.11 bits per heavy atom. The molecule has 1 heterocycles. The van der Waals surface area contributed by atoms with E-state index in [9.17, 15) is 22.5 Å². The van der Waals surface area contributed by atoms with Crippen LogP contribution in [-0.4, -0.2) is 34.2 Å². The van der Waals surface area contributed by atoms with Crippen LogP contribution in [0.1, 0.15) is 15.2 Å². The summed E-state index contributed by atoms with van der Waals surface area (Å²) >= 11 is 2.97. The van der Waals surface area contributed by atoms with Crippen LogP contribution < -0.4 is 11.2 Å². The number of nitrogens with one attached hydrogen (secondary N) is 2. The second-order valence-electron chi connectivity index (χ2n) is 5.11. The first-order valence-electron chi connectivity index (χ1n) is 6.85. The summed E-state index contributed by atoms with van der Waals surface area (Å²) in [6.07, 6.45) is 0.802. The molecule has 0 aliphatic heterocycles. The van der Waals surface area contributed by atoms with Gasteiger partial charge in [-0.15, -0.1) is 11.3 Å². The maximum Gasteiger partial charge on any atom is 0.400 e. The molecule has 8 nitrogen and oxygen atoms in total. The van der Waals surface area contributed by atoms with E-state index < -0.39 is 34.3 Å². The highest BCUT2D eigenvalue weighted by Crippen LogP contribution is 2.63. The molecule has 0 atom stereocenters. The van der Waals surface area contributed by atoms with Crippen molar-refractivity contribution in [3.63, 3.8) is 0 Å². The van der Waals surface area contributed by atoms with Crippen LogP contribution in [0, 0.1) is 11.2 Å². The molecule has 1 aromatic heterocycles. The highest BCUT2D eigenvalue weighted by molar-refractivity contribution is 9.10. The van der Waals surface area contributed by atoms with Crippen LogP contribution in [0.4, 0.5) is 13.2 Å². The van der Waals surface area contributed by atoms with Gasteiger partial charge in [-0.25, -0.2) is 4.39 Å². The number of nitrogens with two attached hydrogens (primary N) is 1. The van der Waals surface area contributed by atoms with Crippen molar-refractivity contribution in [3.8, 4) is 0 Å². The van der Waals surface area contributed by atoms with Gasteiger partial charge in [-0.3, -0.25) is 9.36 Å². The van der Waals surface area contributed by atoms with E-state index in [-0.39, 0.29) is 39.2 Å². The van der Waals surface area contributed by atoms with E-state index in [2.05, 4.69) is 26.3 Å². The smallest absolute Gasteiger partial charge is 0.346 e.